The average molecular weight is 434 g/mol. The van der Waals surface area contributed by atoms with Crippen LogP contribution >= 0.6 is 0 Å². The Balaban J connectivity index is 1.64. The number of carbonyl (C=O) groups excluding carboxylic acids is 1. The van der Waals surface area contributed by atoms with E-state index >= 15 is 0 Å². The normalized spacial score (nSPS) is 11.0. The zero-order chi connectivity index (χ0) is 22.5. The highest BCUT2D eigenvalue weighted by Crippen LogP contribution is 2.33. The second-order valence-electron chi connectivity index (χ2n) is 7.23. The van der Waals surface area contributed by atoms with Gasteiger partial charge in [0.15, 0.2) is 0 Å². The molecule has 0 radical (unpaired) electrons. The SMILES string of the molecule is CCOC(=O)Cc1ccccc1OCc1cc(-c2ccnc(CN)c2)c2oc(F)cc2c1. The minimum absolute atomic E-state index is 0.125. The first kappa shape index (κ1) is 21.5. The van der Waals surface area contributed by atoms with E-state index in [4.69, 9.17) is 19.6 Å². The van der Waals surface area contributed by atoms with Crippen LogP contribution in [0.4, 0.5) is 4.39 Å². The number of hydrogen-bond donors (Lipinski definition) is 1. The van der Waals surface area contributed by atoms with E-state index in [1.165, 1.54) is 6.07 Å². The molecule has 2 heterocycles. The molecule has 0 atom stereocenters. The molecule has 0 saturated carbocycles. The van der Waals surface area contributed by atoms with Gasteiger partial charge in [-0.3, -0.25) is 9.78 Å². The summed E-state index contributed by atoms with van der Waals surface area (Å²) in [5.74, 6) is 0.282. The first-order valence-electron chi connectivity index (χ1n) is 10.3. The Hall–Kier alpha value is -3.71. The Morgan fingerprint density at radius 3 is 2.81 bits per heavy atom. The zero-order valence-corrected chi connectivity index (χ0v) is 17.6. The Labute approximate surface area is 184 Å². The third kappa shape index (κ3) is 4.78. The lowest BCUT2D eigenvalue weighted by atomic mass is 10.0. The standard InChI is InChI=1S/C25H23FN2O4/c1-2-30-24(29)13-18-5-3-4-6-22(18)31-15-16-9-19-12-23(26)32-25(19)21(10-16)17-7-8-28-20(11-17)14-27/h3-12H,2,13-15,27H2,1H3. The summed E-state index contributed by atoms with van der Waals surface area (Å²) in [5, 5.41) is 0.629. The van der Waals surface area contributed by atoms with Crippen molar-refractivity contribution < 1.29 is 23.1 Å². The van der Waals surface area contributed by atoms with Gasteiger partial charge in [0, 0.05) is 35.3 Å². The van der Waals surface area contributed by atoms with Crippen LogP contribution in [-0.2, 0) is 29.1 Å². The number of nitrogens with zero attached hydrogens (tertiary/aromatic N) is 1. The summed E-state index contributed by atoms with van der Waals surface area (Å²) in [4.78, 5) is 16.1. The monoisotopic (exact) mass is 434 g/mol. The number of aromatic nitrogens is 1. The number of fused-ring (bicyclic) bond motifs is 1. The molecule has 0 aliphatic rings. The van der Waals surface area contributed by atoms with E-state index in [2.05, 4.69) is 4.98 Å². The molecule has 0 spiro atoms. The number of furan rings is 1. The lowest BCUT2D eigenvalue weighted by Gasteiger charge is -2.13. The molecule has 0 amide bonds. The number of halogens is 1. The van der Waals surface area contributed by atoms with Gasteiger partial charge in [-0.15, -0.1) is 0 Å². The summed E-state index contributed by atoms with van der Waals surface area (Å²) < 4.78 is 30.3. The van der Waals surface area contributed by atoms with Crippen LogP contribution in [0.3, 0.4) is 0 Å². The van der Waals surface area contributed by atoms with Crippen LogP contribution in [0.25, 0.3) is 22.1 Å². The topological polar surface area (TPSA) is 87.6 Å². The second-order valence-corrected chi connectivity index (χ2v) is 7.23. The molecule has 7 heteroatoms. The summed E-state index contributed by atoms with van der Waals surface area (Å²) in [6.45, 7) is 2.62. The lowest BCUT2D eigenvalue weighted by Crippen LogP contribution is -2.09. The molecule has 2 aromatic heterocycles. The predicted molar refractivity (Wildman–Crippen MR) is 118 cm³/mol. The third-order valence-electron chi connectivity index (χ3n) is 4.99. The Bertz CT molecular complexity index is 1250. The molecule has 0 unspecified atom stereocenters. The molecule has 0 bridgehead atoms. The van der Waals surface area contributed by atoms with Crippen LogP contribution in [0, 0.1) is 6.01 Å². The number of hydrogen-bond acceptors (Lipinski definition) is 6. The van der Waals surface area contributed by atoms with Crippen molar-refractivity contribution in [1.29, 1.82) is 0 Å². The van der Waals surface area contributed by atoms with Crippen LogP contribution in [0.2, 0.25) is 0 Å². The van der Waals surface area contributed by atoms with Crippen molar-refractivity contribution >= 4 is 16.9 Å². The van der Waals surface area contributed by atoms with Gasteiger partial charge in [-0.05, 0) is 48.4 Å². The number of carbonyl (C=O) groups is 1. The Morgan fingerprint density at radius 2 is 2.00 bits per heavy atom. The quantitative estimate of drug-likeness (QED) is 0.402. The second kappa shape index (κ2) is 9.62. The smallest absolute Gasteiger partial charge is 0.310 e. The van der Waals surface area contributed by atoms with Crippen LogP contribution in [-0.4, -0.2) is 17.6 Å². The molecule has 2 aromatic carbocycles. The summed E-state index contributed by atoms with van der Waals surface area (Å²) in [6.07, 6.45) is 1.79. The molecule has 4 aromatic rings. The van der Waals surface area contributed by atoms with E-state index in [9.17, 15) is 9.18 Å². The summed E-state index contributed by atoms with van der Waals surface area (Å²) in [5.41, 5.74) is 10.0. The minimum atomic E-state index is -0.660. The maximum atomic E-state index is 13.9. The molecule has 2 N–H and O–H groups in total. The van der Waals surface area contributed by atoms with E-state index in [0.717, 1.165) is 27.9 Å². The largest absolute Gasteiger partial charge is 0.489 e. The highest BCUT2D eigenvalue weighted by Gasteiger charge is 2.14. The number of pyridine rings is 1. The van der Waals surface area contributed by atoms with Gasteiger partial charge >= 0.3 is 5.97 Å². The maximum absolute atomic E-state index is 13.9. The van der Waals surface area contributed by atoms with Crippen molar-refractivity contribution in [3.05, 3.63) is 83.6 Å². The van der Waals surface area contributed by atoms with Crippen LogP contribution in [0.1, 0.15) is 23.7 Å². The van der Waals surface area contributed by atoms with Gasteiger partial charge in [-0.25, -0.2) is 0 Å². The van der Waals surface area contributed by atoms with Gasteiger partial charge in [-0.2, -0.15) is 4.39 Å². The van der Waals surface area contributed by atoms with Crippen molar-refractivity contribution in [2.45, 2.75) is 26.5 Å². The number of benzene rings is 2. The molecule has 6 nitrogen and oxygen atoms in total. The molecule has 164 valence electrons. The van der Waals surface area contributed by atoms with E-state index in [1.807, 2.05) is 48.5 Å². The van der Waals surface area contributed by atoms with E-state index < -0.39 is 6.01 Å². The highest BCUT2D eigenvalue weighted by molar-refractivity contribution is 5.93. The average Bonchev–Trinajstić information content (AvgIpc) is 3.18. The van der Waals surface area contributed by atoms with Crippen molar-refractivity contribution in [1.82, 2.24) is 4.98 Å². The van der Waals surface area contributed by atoms with Crippen molar-refractivity contribution in [3.63, 3.8) is 0 Å². The molecule has 0 saturated heterocycles. The maximum Gasteiger partial charge on any atom is 0.310 e. The molecule has 32 heavy (non-hydrogen) atoms. The van der Waals surface area contributed by atoms with Gasteiger partial charge < -0.3 is 19.6 Å². The fourth-order valence-electron chi connectivity index (χ4n) is 3.56. The van der Waals surface area contributed by atoms with Gasteiger partial charge in [0.25, 0.3) is 6.01 Å². The zero-order valence-electron chi connectivity index (χ0n) is 17.6. The van der Waals surface area contributed by atoms with Crippen molar-refractivity contribution in [2.75, 3.05) is 6.61 Å². The Morgan fingerprint density at radius 1 is 1.16 bits per heavy atom. The fraction of sp³-hybridized carbons (Fsp3) is 0.200. The third-order valence-corrected chi connectivity index (χ3v) is 4.99. The minimum Gasteiger partial charge on any atom is -0.489 e. The summed E-state index contributed by atoms with van der Waals surface area (Å²) >= 11 is 0. The van der Waals surface area contributed by atoms with Gasteiger partial charge in [0.1, 0.15) is 17.9 Å². The number of rotatable bonds is 8. The van der Waals surface area contributed by atoms with E-state index in [0.29, 0.717) is 29.9 Å². The molecular formula is C25H23FN2O4. The van der Waals surface area contributed by atoms with Crippen LogP contribution < -0.4 is 10.5 Å². The highest BCUT2D eigenvalue weighted by atomic mass is 19.1. The number of esters is 1. The first-order valence-corrected chi connectivity index (χ1v) is 10.3. The molecule has 0 aliphatic heterocycles. The van der Waals surface area contributed by atoms with Gasteiger partial charge in [0.05, 0.1) is 18.7 Å². The summed E-state index contributed by atoms with van der Waals surface area (Å²) in [7, 11) is 0. The summed E-state index contributed by atoms with van der Waals surface area (Å²) in [6, 6.07) is 15.4. The van der Waals surface area contributed by atoms with E-state index in [-0.39, 0.29) is 19.0 Å². The molecule has 4 rings (SSSR count). The molecular weight excluding hydrogens is 411 g/mol. The number of nitrogens with two attached hydrogens (primary N) is 1. The number of para-hydroxylation sites is 1. The predicted octanol–water partition coefficient (Wildman–Crippen LogP) is 4.78. The lowest BCUT2D eigenvalue weighted by molar-refractivity contribution is -0.142. The van der Waals surface area contributed by atoms with Crippen molar-refractivity contribution in [3.8, 4) is 16.9 Å². The Kier molecular flexibility index (Phi) is 6.47. The fourth-order valence-corrected chi connectivity index (χ4v) is 3.56. The number of ether oxygens (including phenoxy) is 2. The van der Waals surface area contributed by atoms with E-state index in [1.54, 1.807) is 13.1 Å². The van der Waals surface area contributed by atoms with Crippen molar-refractivity contribution in [2.24, 2.45) is 5.73 Å². The van der Waals surface area contributed by atoms with Gasteiger partial charge in [0.2, 0.25) is 0 Å². The first-order chi connectivity index (χ1) is 15.6. The molecule has 0 fully saturated rings. The molecule has 0 aliphatic carbocycles. The van der Waals surface area contributed by atoms with Crippen LogP contribution in [0.5, 0.6) is 5.75 Å². The van der Waals surface area contributed by atoms with Gasteiger partial charge in [-0.1, -0.05) is 18.2 Å². The van der Waals surface area contributed by atoms with Crippen LogP contribution in [0.15, 0.2) is 65.2 Å².